The summed E-state index contributed by atoms with van der Waals surface area (Å²) >= 11 is 0. The van der Waals surface area contributed by atoms with Gasteiger partial charge in [0.05, 0.1) is 0 Å². The van der Waals surface area contributed by atoms with Crippen molar-refractivity contribution in [2.75, 3.05) is 5.32 Å². The third kappa shape index (κ3) is 1.37. The van der Waals surface area contributed by atoms with Crippen molar-refractivity contribution in [3.63, 3.8) is 0 Å². The molecule has 2 nitrogen and oxygen atoms in total. The van der Waals surface area contributed by atoms with Crippen molar-refractivity contribution >= 4 is 5.82 Å². The summed E-state index contributed by atoms with van der Waals surface area (Å²) in [6.07, 6.45) is 3.90. The van der Waals surface area contributed by atoms with Crippen molar-refractivity contribution in [1.82, 2.24) is 4.98 Å². The standard InChI is InChI=1S/C11H13FN2/c12-10-2-1-3-11(14-10)13-9-5-4-7-6-8(7)9/h1-3,7-9H,4-6H2,(H,13,14)/t7-,8+,9?/m1/s1. The van der Waals surface area contributed by atoms with E-state index in [1.54, 1.807) is 6.07 Å². The average Bonchev–Trinajstić information content (AvgIpc) is 2.84. The predicted molar refractivity (Wildman–Crippen MR) is 52.4 cm³/mol. The first-order valence-electron chi connectivity index (χ1n) is 5.22. The van der Waals surface area contributed by atoms with E-state index in [0.29, 0.717) is 11.9 Å². The van der Waals surface area contributed by atoms with Crippen LogP contribution in [0.2, 0.25) is 0 Å². The summed E-state index contributed by atoms with van der Waals surface area (Å²) in [5.74, 6) is 2.06. The molecule has 2 saturated carbocycles. The molecule has 14 heavy (non-hydrogen) atoms. The fourth-order valence-corrected chi connectivity index (χ4v) is 2.56. The van der Waals surface area contributed by atoms with E-state index < -0.39 is 5.95 Å². The molecule has 3 heteroatoms. The van der Waals surface area contributed by atoms with Crippen LogP contribution in [0.15, 0.2) is 18.2 Å². The minimum Gasteiger partial charge on any atom is -0.367 e. The van der Waals surface area contributed by atoms with Crippen LogP contribution in [-0.4, -0.2) is 11.0 Å². The van der Waals surface area contributed by atoms with Crippen molar-refractivity contribution in [3.05, 3.63) is 24.1 Å². The Morgan fingerprint density at radius 2 is 2.29 bits per heavy atom. The maximum Gasteiger partial charge on any atom is 0.214 e. The number of anilines is 1. The van der Waals surface area contributed by atoms with Gasteiger partial charge in [-0.15, -0.1) is 0 Å². The summed E-state index contributed by atoms with van der Waals surface area (Å²) < 4.78 is 12.8. The summed E-state index contributed by atoms with van der Waals surface area (Å²) in [7, 11) is 0. The summed E-state index contributed by atoms with van der Waals surface area (Å²) in [5, 5.41) is 3.32. The second kappa shape index (κ2) is 2.94. The first-order chi connectivity index (χ1) is 6.83. The molecule has 0 aromatic carbocycles. The minimum absolute atomic E-state index is 0.402. The van der Waals surface area contributed by atoms with Crippen LogP contribution in [0.1, 0.15) is 19.3 Å². The molecule has 0 bridgehead atoms. The normalized spacial score (nSPS) is 33.9. The molecule has 0 aliphatic heterocycles. The van der Waals surface area contributed by atoms with E-state index in [4.69, 9.17) is 0 Å². The van der Waals surface area contributed by atoms with Crippen LogP contribution in [0.3, 0.4) is 0 Å². The van der Waals surface area contributed by atoms with Gasteiger partial charge in [-0.1, -0.05) is 6.07 Å². The van der Waals surface area contributed by atoms with Crippen LogP contribution < -0.4 is 5.32 Å². The molecule has 1 heterocycles. The summed E-state index contributed by atoms with van der Waals surface area (Å²) in [4.78, 5) is 3.81. The molecule has 1 unspecified atom stereocenters. The van der Waals surface area contributed by atoms with Crippen molar-refractivity contribution in [2.45, 2.75) is 25.3 Å². The zero-order valence-electron chi connectivity index (χ0n) is 7.91. The fourth-order valence-electron chi connectivity index (χ4n) is 2.56. The lowest BCUT2D eigenvalue weighted by molar-refractivity contribution is 0.581. The molecule has 1 aromatic heterocycles. The predicted octanol–water partition coefficient (Wildman–Crippen LogP) is 2.43. The van der Waals surface area contributed by atoms with E-state index in [2.05, 4.69) is 10.3 Å². The maximum absolute atomic E-state index is 12.8. The molecule has 1 N–H and O–H groups in total. The van der Waals surface area contributed by atoms with Crippen molar-refractivity contribution < 1.29 is 4.39 Å². The number of pyridine rings is 1. The van der Waals surface area contributed by atoms with Gasteiger partial charge in [-0.2, -0.15) is 4.39 Å². The molecule has 1 aromatic rings. The Hall–Kier alpha value is -1.12. The minimum atomic E-state index is -0.402. The first-order valence-corrected chi connectivity index (χ1v) is 5.22. The smallest absolute Gasteiger partial charge is 0.214 e. The average molecular weight is 192 g/mol. The molecule has 0 amide bonds. The Balaban J connectivity index is 1.71. The van der Waals surface area contributed by atoms with E-state index in [1.807, 2.05) is 6.07 Å². The third-order valence-electron chi connectivity index (χ3n) is 3.39. The number of nitrogens with zero attached hydrogens (tertiary/aromatic N) is 1. The van der Waals surface area contributed by atoms with Crippen LogP contribution >= 0.6 is 0 Å². The van der Waals surface area contributed by atoms with E-state index >= 15 is 0 Å². The van der Waals surface area contributed by atoms with Crippen LogP contribution in [0, 0.1) is 17.8 Å². The van der Waals surface area contributed by atoms with E-state index in [0.717, 1.165) is 11.8 Å². The lowest BCUT2D eigenvalue weighted by Crippen LogP contribution is -2.19. The second-order valence-corrected chi connectivity index (χ2v) is 4.33. The van der Waals surface area contributed by atoms with Gasteiger partial charge in [-0.25, -0.2) is 4.98 Å². The van der Waals surface area contributed by atoms with Crippen molar-refractivity contribution in [2.24, 2.45) is 11.8 Å². The largest absolute Gasteiger partial charge is 0.367 e. The number of rotatable bonds is 2. The highest BCUT2D eigenvalue weighted by Gasteiger charge is 2.47. The van der Waals surface area contributed by atoms with Crippen LogP contribution in [0.4, 0.5) is 10.2 Å². The SMILES string of the molecule is Fc1cccc(NC2CC[C@@H]3C[C@H]23)n1. The van der Waals surface area contributed by atoms with E-state index in [1.165, 1.54) is 25.3 Å². The van der Waals surface area contributed by atoms with Gasteiger partial charge >= 0.3 is 0 Å². The number of fused-ring (bicyclic) bond motifs is 1. The quantitative estimate of drug-likeness (QED) is 0.728. The first kappa shape index (κ1) is 8.21. The van der Waals surface area contributed by atoms with E-state index in [-0.39, 0.29) is 0 Å². The summed E-state index contributed by atoms with van der Waals surface area (Å²) in [6.45, 7) is 0. The Kier molecular flexibility index (Phi) is 1.72. The van der Waals surface area contributed by atoms with Gasteiger partial charge in [0.15, 0.2) is 0 Å². The highest BCUT2D eigenvalue weighted by Crippen LogP contribution is 2.52. The molecular formula is C11H13FN2. The number of nitrogens with one attached hydrogen (secondary N) is 1. The highest BCUT2D eigenvalue weighted by molar-refractivity contribution is 5.36. The third-order valence-corrected chi connectivity index (χ3v) is 3.39. The van der Waals surface area contributed by atoms with Gasteiger partial charge in [0.25, 0.3) is 0 Å². The molecule has 3 rings (SSSR count). The Bertz CT molecular complexity index is 353. The van der Waals surface area contributed by atoms with Gasteiger partial charge in [-0.05, 0) is 43.2 Å². The molecule has 2 aliphatic carbocycles. The number of aromatic nitrogens is 1. The lowest BCUT2D eigenvalue weighted by Gasteiger charge is -2.14. The Labute approximate surface area is 82.5 Å². The number of hydrogen-bond acceptors (Lipinski definition) is 2. The van der Waals surface area contributed by atoms with Gasteiger partial charge in [0.2, 0.25) is 5.95 Å². The van der Waals surface area contributed by atoms with E-state index in [9.17, 15) is 4.39 Å². The monoisotopic (exact) mass is 192 g/mol. The topological polar surface area (TPSA) is 24.9 Å². The molecule has 3 atom stereocenters. The van der Waals surface area contributed by atoms with Gasteiger partial charge in [-0.3, -0.25) is 0 Å². The Morgan fingerprint density at radius 3 is 2.93 bits per heavy atom. The van der Waals surface area contributed by atoms with Crippen LogP contribution in [-0.2, 0) is 0 Å². The summed E-state index contributed by atoms with van der Waals surface area (Å²) in [6, 6.07) is 5.44. The number of hydrogen-bond donors (Lipinski definition) is 1. The van der Waals surface area contributed by atoms with Gasteiger partial charge < -0.3 is 5.32 Å². The zero-order chi connectivity index (χ0) is 9.54. The van der Waals surface area contributed by atoms with Gasteiger partial charge in [0.1, 0.15) is 5.82 Å². The maximum atomic E-state index is 12.8. The molecular weight excluding hydrogens is 179 g/mol. The molecule has 0 saturated heterocycles. The van der Waals surface area contributed by atoms with Crippen molar-refractivity contribution in [3.8, 4) is 0 Å². The van der Waals surface area contributed by atoms with Crippen LogP contribution in [0.25, 0.3) is 0 Å². The molecule has 2 aliphatic rings. The van der Waals surface area contributed by atoms with Crippen LogP contribution in [0.5, 0.6) is 0 Å². The molecule has 2 fully saturated rings. The molecule has 0 spiro atoms. The molecule has 0 radical (unpaired) electrons. The summed E-state index contributed by atoms with van der Waals surface area (Å²) in [5.41, 5.74) is 0. The van der Waals surface area contributed by atoms with Crippen molar-refractivity contribution in [1.29, 1.82) is 0 Å². The highest BCUT2D eigenvalue weighted by atomic mass is 19.1. The van der Waals surface area contributed by atoms with Gasteiger partial charge in [0, 0.05) is 6.04 Å². The fraction of sp³-hybridized carbons (Fsp3) is 0.545. The number of halogens is 1. The second-order valence-electron chi connectivity index (χ2n) is 4.33. The molecule has 74 valence electrons. The lowest BCUT2D eigenvalue weighted by atomic mass is 10.2. The Morgan fingerprint density at radius 1 is 1.36 bits per heavy atom. The zero-order valence-corrected chi connectivity index (χ0v) is 7.91.